The Hall–Kier alpha value is -3.67. The topological polar surface area (TPSA) is 81.5 Å². The molecule has 3 rings (SSSR count). The summed E-state index contributed by atoms with van der Waals surface area (Å²) in [6.45, 7) is 2.36. The summed E-state index contributed by atoms with van der Waals surface area (Å²) in [6, 6.07) is 21.9. The Morgan fingerprint density at radius 2 is 1.68 bits per heavy atom. The number of ether oxygens (including phenoxy) is 1. The molecule has 6 heteroatoms. The van der Waals surface area contributed by atoms with Gasteiger partial charge in [-0.25, -0.2) is 0 Å². The Morgan fingerprint density at radius 1 is 0.964 bits per heavy atom. The molecule has 0 fully saturated rings. The Balaban J connectivity index is 1.59. The van der Waals surface area contributed by atoms with Crippen LogP contribution in [0, 0.1) is 17.0 Å². The molecule has 0 unspecified atom stereocenters. The minimum Gasteiger partial charge on any atom is -0.489 e. The smallest absolute Gasteiger partial charge is 0.285 e. The van der Waals surface area contributed by atoms with E-state index < -0.39 is 10.8 Å². The number of aryl methyl sites for hydroxylation is 1. The van der Waals surface area contributed by atoms with Gasteiger partial charge >= 0.3 is 0 Å². The summed E-state index contributed by atoms with van der Waals surface area (Å²) >= 11 is 0. The fraction of sp³-hybridized carbons (Fsp3) is 0.136. The van der Waals surface area contributed by atoms with Crippen molar-refractivity contribution in [1.82, 2.24) is 5.32 Å². The van der Waals surface area contributed by atoms with Crippen LogP contribution < -0.4 is 10.1 Å². The molecule has 0 aliphatic rings. The molecule has 3 aromatic rings. The van der Waals surface area contributed by atoms with Gasteiger partial charge in [0.05, 0.1) is 4.92 Å². The van der Waals surface area contributed by atoms with Gasteiger partial charge in [0.25, 0.3) is 11.6 Å². The summed E-state index contributed by atoms with van der Waals surface area (Å²) in [4.78, 5) is 23.1. The van der Waals surface area contributed by atoms with E-state index in [0.717, 1.165) is 16.9 Å². The van der Waals surface area contributed by atoms with Crippen molar-refractivity contribution in [2.45, 2.75) is 20.1 Å². The summed E-state index contributed by atoms with van der Waals surface area (Å²) in [5.74, 6) is 0.257. The molecule has 1 amide bonds. The first-order valence-corrected chi connectivity index (χ1v) is 8.82. The second-order valence-corrected chi connectivity index (χ2v) is 6.33. The molecule has 0 atom stereocenters. The molecule has 0 radical (unpaired) electrons. The Kier molecular flexibility index (Phi) is 6.01. The third-order valence-electron chi connectivity index (χ3n) is 4.29. The molecule has 0 aliphatic heterocycles. The number of hydrogen-bond donors (Lipinski definition) is 1. The maximum Gasteiger partial charge on any atom is 0.285 e. The molecule has 0 saturated heterocycles. The van der Waals surface area contributed by atoms with Crippen LogP contribution in [0.4, 0.5) is 5.69 Å². The zero-order valence-electron chi connectivity index (χ0n) is 15.4. The van der Waals surface area contributed by atoms with Gasteiger partial charge in [0.15, 0.2) is 0 Å². The van der Waals surface area contributed by atoms with E-state index in [1.165, 1.54) is 6.07 Å². The summed E-state index contributed by atoms with van der Waals surface area (Å²) in [5, 5.41) is 14.0. The van der Waals surface area contributed by atoms with E-state index in [1.54, 1.807) is 19.1 Å². The lowest BCUT2D eigenvalue weighted by Gasteiger charge is -2.09. The van der Waals surface area contributed by atoms with Gasteiger partial charge in [0.2, 0.25) is 0 Å². The Labute approximate surface area is 162 Å². The third-order valence-corrected chi connectivity index (χ3v) is 4.29. The quantitative estimate of drug-likeness (QED) is 0.489. The highest BCUT2D eigenvalue weighted by atomic mass is 16.6. The molecule has 0 spiro atoms. The van der Waals surface area contributed by atoms with E-state index in [-0.39, 0.29) is 17.8 Å². The Bertz CT molecular complexity index is 970. The average molecular weight is 376 g/mol. The largest absolute Gasteiger partial charge is 0.489 e. The van der Waals surface area contributed by atoms with Crippen LogP contribution in [-0.4, -0.2) is 10.8 Å². The number of para-hydroxylation sites is 1. The number of nitrogens with one attached hydrogen (secondary N) is 1. The van der Waals surface area contributed by atoms with Crippen molar-refractivity contribution in [2.75, 3.05) is 0 Å². The molecule has 0 saturated carbocycles. The van der Waals surface area contributed by atoms with Crippen LogP contribution in [-0.2, 0) is 13.2 Å². The van der Waals surface area contributed by atoms with Gasteiger partial charge in [-0.1, -0.05) is 54.6 Å². The van der Waals surface area contributed by atoms with Crippen LogP contribution in [0.3, 0.4) is 0 Å². The zero-order valence-corrected chi connectivity index (χ0v) is 15.4. The average Bonchev–Trinajstić information content (AvgIpc) is 2.71. The highest BCUT2D eigenvalue weighted by Crippen LogP contribution is 2.23. The van der Waals surface area contributed by atoms with E-state index in [1.807, 2.05) is 54.6 Å². The number of hydrogen-bond acceptors (Lipinski definition) is 4. The lowest BCUT2D eigenvalue weighted by atomic mass is 10.1. The number of nitrogens with zero attached hydrogens (tertiary/aromatic N) is 1. The van der Waals surface area contributed by atoms with E-state index in [4.69, 9.17) is 4.74 Å². The maximum absolute atomic E-state index is 12.4. The molecule has 28 heavy (non-hydrogen) atoms. The number of amides is 1. The first-order valence-electron chi connectivity index (χ1n) is 8.82. The summed E-state index contributed by atoms with van der Waals surface area (Å²) in [7, 11) is 0. The van der Waals surface area contributed by atoms with Crippen LogP contribution >= 0.6 is 0 Å². The minimum absolute atomic E-state index is 0.0628. The van der Waals surface area contributed by atoms with Crippen molar-refractivity contribution >= 4 is 11.6 Å². The van der Waals surface area contributed by atoms with Crippen LogP contribution in [0.15, 0.2) is 72.8 Å². The maximum atomic E-state index is 12.4. The first-order chi connectivity index (χ1) is 13.5. The SMILES string of the molecule is Cc1cccc(C(=O)NCc2ccc(OCc3ccccc3)cc2)c1[N+](=O)[O-]. The van der Waals surface area contributed by atoms with Crippen molar-refractivity contribution < 1.29 is 14.5 Å². The number of nitro benzene ring substituents is 1. The normalized spacial score (nSPS) is 10.3. The summed E-state index contributed by atoms with van der Waals surface area (Å²) in [5.41, 5.74) is 2.31. The molecule has 0 aromatic heterocycles. The molecule has 0 heterocycles. The van der Waals surface area contributed by atoms with Crippen molar-refractivity contribution in [3.8, 4) is 5.75 Å². The van der Waals surface area contributed by atoms with Crippen molar-refractivity contribution in [2.24, 2.45) is 0 Å². The van der Waals surface area contributed by atoms with Gasteiger partial charge in [0.1, 0.15) is 17.9 Å². The lowest BCUT2D eigenvalue weighted by molar-refractivity contribution is -0.385. The monoisotopic (exact) mass is 376 g/mol. The molecule has 0 aliphatic carbocycles. The molecular weight excluding hydrogens is 356 g/mol. The second-order valence-electron chi connectivity index (χ2n) is 6.33. The second kappa shape index (κ2) is 8.81. The molecule has 3 aromatic carbocycles. The predicted octanol–water partition coefficient (Wildman–Crippen LogP) is 4.41. The molecule has 6 nitrogen and oxygen atoms in total. The van der Waals surface area contributed by atoms with Gasteiger partial charge in [-0.15, -0.1) is 0 Å². The highest BCUT2D eigenvalue weighted by Gasteiger charge is 2.21. The standard InChI is InChI=1S/C22H20N2O4/c1-16-6-5-9-20(21(16)24(26)27)22(25)23-14-17-10-12-19(13-11-17)28-15-18-7-3-2-4-8-18/h2-13H,14-15H2,1H3,(H,23,25). The van der Waals surface area contributed by atoms with Crippen molar-refractivity contribution in [1.29, 1.82) is 0 Å². The van der Waals surface area contributed by atoms with Crippen LogP contribution in [0.5, 0.6) is 5.75 Å². The van der Waals surface area contributed by atoms with E-state index in [2.05, 4.69) is 5.32 Å². The van der Waals surface area contributed by atoms with Gasteiger partial charge in [-0.05, 0) is 36.2 Å². The highest BCUT2D eigenvalue weighted by molar-refractivity contribution is 5.98. The predicted molar refractivity (Wildman–Crippen MR) is 106 cm³/mol. The van der Waals surface area contributed by atoms with Crippen molar-refractivity contribution in [3.05, 3.63) is 105 Å². The summed E-state index contributed by atoms with van der Waals surface area (Å²) in [6.07, 6.45) is 0. The van der Waals surface area contributed by atoms with Crippen LogP contribution in [0.25, 0.3) is 0 Å². The fourth-order valence-electron chi connectivity index (χ4n) is 2.81. The molecule has 0 bridgehead atoms. The number of rotatable bonds is 7. The zero-order chi connectivity index (χ0) is 19.9. The van der Waals surface area contributed by atoms with Crippen molar-refractivity contribution in [3.63, 3.8) is 0 Å². The summed E-state index contributed by atoms with van der Waals surface area (Å²) < 4.78 is 5.73. The van der Waals surface area contributed by atoms with E-state index in [9.17, 15) is 14.9 Å². The van der Waals surface area contributed by atoms with Gasteiger partial charge in [-0.3, -0.25) is 14.9 Å². The van der Waals surface area contributed by atoms with E-state index in [0.29, 0.717) is 12.2 Å². The number of carbonyl (C=O) groups excluding carboxylic acids is 1. The molecular formula is C22H20N2O4. The number of nitro groups is 1. The molecule has 142 valence electrons. The first kappa shape index (κ1) is 19.1. The number of carbonyl (C=O) groups is 1. The van der Waals surface area contributed by atoms with Crippen LogP contribution in [0.2, 0.25) is 0 Å². The van der Waals surface area contributed by atoms with E-state index >= 15 is 0 Å². The van der Waals surface area contributed by atoms with Gasteiger partial charge < -0.3 is 10.1 Å². The minimum atomic E-state index is -0.525. The molecule has 1 N–H and O–H groups in total. The van der Waals surface area contributed by atoms with Gasteiger partial charge in [0, 0.05) is 12.1 Å². The van der Waals surface area contributed by atoms with Gasteiger partial charge in [-0.2, -0.15) is 0 Å². The lowest BCUT2D eigenvalue weighted by Crippen LogP contribution is -2.23. The fourth-order valence-corrected chi connectivity index (χ4v) is 2.81. The third kappa shape index (κ3) is 4.73. The Morgan fingerprint density at radius 3 is 2.36 bits per heavy atom. The van der Waals surface area contributed by atoms with Crippen LogP contribution in [0.1, 0.15) is 27.0 Å². The number of benzene rings is 3.